The summed E-state index contributed by atoms with van der Waals surface area (Å²) in [5.41, 5.74) is 0. The maximum atomic E-state index is 5.69. The number of methoxy groups -OCH3 is 1. The second-order valence-corrected chi connectivity index (χ2v) is 3.62. The first-order chi connectivity index (χ1) is 7.19. The molecule has 2 aromatic heterocycles. The van der Waals surface area contributed by atoms with E-state index in [1.54, 1.807) is 12.3 Å². The Labute approximate surface area is 98.4 Å². The van der Waals surface area contributed by atoms with Gasteiger partial charge in [-0.25, -0.2) is 4.68 Å². The van der Waals surface area contributed by atoms with Gasteiger partial charge in [0.25, 0.3) is 5.95 Å². The van der Waals surface area contributed by atoms with Crippen molar-refractivity contribution >= 4 is 27.5 Å². The lowest BCUT2D eigenvalue weighted by molar-refractivity contribution is 0.376. The summed E-state index contributed by atoms with van der Waals surface area (Å²) in [6, 6.07) is 1.90. The second kappa shape index (κ2) is 4.11. The van der Waals surface area contributed by atoms with Crippen LogP contribution in [0.2, 0.25) is 5.28 Å². The van der Waals surface area contributed by atoms with Gasteiger partial charge in [-0.15, -0.1) is 0 Å². The van der Waals surface area contributed by atoms with E-state index in [9.17, 15) is 0 Å². The molecule has 0 spiro atoms. The molecule has 0 saturated carbocycles. The Kier molecular flexibility index (Phi) is 2.83. The zero-order chi connectivity index (χ0) is 10.8. The summed E-state index contributed by atoms with van der Waals surface area (Å²) < 4.78 is 7.00. The largest absolute Gasteiger partial charge is 0.467 e. The molecule has 0 fully saturated rings. The lowest BCUT2D eigenvalue weighted by Gasteiger charge is -2.01. The molecule has 78 valence electrons. The fourth-order valence-corrected chi connectivity index (χ4v) is 1.37. The van der Waals surface area contributed by atoms with Gasteiger partial charge in [0.1, 0.15) is 4.60 Å². The molecule has 2 rings (SSSR count). The van der Waals surface area contributed by atoms with E-state index < -0.39 is 0 Å². The summed E-state index contributed by atoms with van der Waals surface area (Å²) >= 11 is 8.91. The number of halogens is 2. The molecule has 0 bridgehead atoms. The highest BCUT2D eigenvalue weighted by Crippen LogP contribution is 2.12. The van der Waals surface area contributed by atoms with Gasteiger partial charge in [0.15, 0.2) is 0 Å². The van der Waals surface area contributed by atoms with Crippen molar-refractivity contribution in [1.82, 2.24) is 24.7 Å². The quantitative estimate of drug-likeness (QED) is 0.838. The van der Waals surface area contributed by atoms with Gasteiger partial charge in [0.2, 0.25) is 5.28 Å². The molecule has 2 heterocycles. The first-order valence-electron chi connectivity index (χ1n) is 3.86. The van der Waals surface area contributed by atoms with Gasteiger partial charge >= 0.3 is 6.01 Å². The molecule has 0 radical (unpaired) electrons. The van der Waals surface area contributed by atoms with Crippen molar-refractivity contribution in [1.29, 1.82) is 0 Å². The molecule has 0 N–H and O–H groups in total. The summed E-state index contributed by atoms with van der Waals surface area (Å²) in [6.07, 6.45) is 1.69. The van der Waals surface area contributed by atoms with E-state index in [1.165, 1.54) is 11.8 Å². The lowest BCUT2D eigenvalue weighted by Crippen LogP contribution is -2.05. The van der Waals surface area contributed by atoms with Crippen molar-refractivity contribution in [3.05, 3.63) is 22.1 Å². The van der Waals surface area contributed by atoms with Gasteiger partial charge in [-0.2, -0.15) is 20.1 Å². The monoisotopic (exact) mass is 289 g/mol. The van der Waals surface area contributed by atoms with Crippen LogP contribution >= 0.6 is 27.5 Å². The zero-order valence-corrected chi connectivity index (χ0v) is 9.90. The molecule has 8 heteroatoms. The van der Waals surface area contributed by atoms with Crippen molar-refractivity contribution in [2.24, 2.45) is 0 Å². The maximum absolute atomic E-state index is 5.69. The topological polar surface area (TPSA) is 65.7 Å². The molecule has 0 saturated heterocycles. The Morgan fingerprint density at radius 3 is 2.80 bits per heavy atom. The van der Waals surface area contributed by atoms with Crippen molar-refractivity contribution < 1.29 is 4.74 Å². The normalized spacial score (nSPS) is 10.3. The summed E-state index contributed by atoms with van der Waals surface area (Å²) in [6.45, 7) is 0. The Morgan fingerprint density at radius 2 is 2.20 bits per heavy atom. The Hall–Kier alpha value is -1.21. The summed E-state index contributed by atoms with van der Waals surface area (Å²) in [5, 5.41) is 4.12. The minimum atomic E-state index is 0.0588. The molecule has 0 aliphatic rings. The Morgan fingerprint density at radius 1 is 1.40 bits per heavy atom. The van der Waals surface area contributed by atoms with Gasteiger partial charge in [0, 0.05) is 6.20 Å². The van der Waals surface area contributed by atoms with Crippen LogP contribution in [0, 0.1) is 0 Å². The van der Waals surface area contributed by atoms with Gasteiger partial charge in [-0.3, -0.25) is 0 Å². The Balaban J connectivity index is 2.48. The summed E-state index contributed by atoms with van der Waals surface area (Å²) in [7, 11) is 1.45. The van der Waals surface area contributed by atoms with Gasteiger partial charge in [0.05, 0.1) is 7.11 Å². The van der Waals surface area contributed by atoms with E-state index in [1.807, 2.05) is 0 Å². The lowest BCUT2D eigenvalue weighted by atomic mass is 10.7. The van der Waals surface area contributed by atoms with Crippen LogP contribution < -0.4 is 4.74 Å². The molecular weight excluding hydrogens is 285 g/mol. The van der Waals surface area contributed by atoms with Crippen LogP contribution in [0.5, 0.6) is 6.01 Å². The smallest absolute Gasteiger partial charge is 0.322 e. The van der Waals surface area contributed by atoms with Crippen LogP contribution in [0.3, 0.4) is 0 Å². The molecule has 0 unspecified atom stereocenters. The van der Waals surface area contributed by atoms with Crippen molar-refractivity contribution in [2.45, 2.75) is 0 Å². The molecule has 0 aromatic carbocycles. The average molecular weight is 291 g/mol. The van der Waals surface area contributed by atoms with Crippen LogP contribution in [0.1, 0.15) is 0 Å². The minimum Gasteiger partial charge on any atom is -0.467 e. The zero-order valence-electron chi connectivity index (χ0n) is 7.55. The third-order valence-corrected chi connectivity index (χ3v) is 2.11. The molecular formula is C7H5BrClN5O. The number of rotatable bonds is 2. The number of nitrogens with zero attached hydrogens (tertiary/aromatic N) is 5. The van der Waals surface area contributed by atoms with Crippen molar-refractivity contribution in [3.63, 3.8) is 0 Å². The third-order valence-electron chi connectivity index (χ3n) is 1.52. The molecule has 15 heavy (non-hydrogen) atoms. The van der Waals surface area contributed by atoms with E-state index in [0.717, 1.165) is 0 Å². The second-order valence-electron chi connectivity index (χ2n) is 2.47. The molecule has 0 atom stereocenters. The van der Waals surface area contributed by atoms with Crippen LogP contribution in [0.25, 0.3) is 5.95 Å². The predicted molar refractivity (Wildman–Crippen MR) is 56.2 cm³/mol. The SMILES string of the molecule is COc1nc(Cl)nc(-n2ccc(Br)n2)n1. The van der Waals surface area contributed by atoms with E-state index in [0.29, 0.717) is 10.6 Å². The summed E-state index contributed by atoms with van der Waals surface area (Å²) in [4.78, 5) is 11.6. The number of hydrogen-bond acceptors (Lipinski definition) is 5. The summed E-state index contributed by atoms with van der Waals surface area (Å²) in [5.74, 6) is 0.303. The predicted octanol–water partition coefficient (Wildman–Crippen LogP) is 1.48. The highest BCUT2D eigenvalue weighted by Gasteiger charge is 2.07. The number of ether oxygens (including phenoxy) is 1. The van der Waals surface area contributed by atoms with Crippen molar-refractivity contribution in [2.75, 3.05) is 7.11 Å². The third kappa shape index (κ3) is 2.24. The average Bonchev–Trinajstić information content (AvgIpc) is 2.64. The number of aromatic nitrogens is 5. The molecule has 0 amide bonds. The van der Waals surface area contributed by atoms with E-state index in [4.69, 9.17) is 16.3 Å². The van der Waals surface area contributed by atoms with E-state index >= 15 is 0 Å². The molecule has 2 aromatic rings. The van der Waals surface area contributed by atoms with Gasteiger partial charge in [-0.1, -0.05) is 0 Å². The van der Waals surface area contributed by atoms with Crippen LogP contribution in [0.4, 0.5) is 0 Å². The van der Waals surface area contributed by atoms with Crippen molar-refractivity contribution in [3.8, 4) is 12.0 Å². The van der Waals surface area contributed by atoms with Crippen LogP contribution in [-0.2, 0) is 0 Å². The standard InChI is InChI=1S/C7H5BrClN5O/c1-15-7-11-5(9)10-6(12-7)14-3-2-4(8)13-14/h2-3H,1H3. The maximum Gasteiger partial charge on any atom is 0.322 e. The first kappa shape index (κ1) is 10.3. The highest BCUT2D eigenvalue weighted by molar-refractivity contribution is 9.10. The van der Waals surface area contributed by atoms with Crippen LogP contribution in [0.15, 0.2) is 16.9 Å². The van der Waals surface area contributed by atoms with Gasteiger partial charge < -0.3 is 4.74 Å². The fourth-order valence-electron chi connectivity index (χ4n) is 0.929. The van der Waals surface area contributed by atoms with E-state index in [2.05, 4.69) is 36.0 Å². The number of hydrogen-bond donors (Lipinski definition) is 0. The molecule has 6 nitrogen and oxygen atoms in total. The first-order valence-corrected chi connectivity index (χ1v) is 5.03. The minimum absolute atomic E-state index is 0.0588. The Bertz CT molecular complexity index is 488. The van der Waals surface area contributed by atoms with Crippen LogP contribution in [-0.4, -0.2) is 31.8 Å². The molecule has 0 aliphatic carbocycles. The fraction of sp³-hybridized carbons (Fsp3) is 0.143. The molecule has 0 aliphatic heterocycles. The van der Waals surface area contributed by atoms with Gasteiger partial charge in [-0.05, 0) is 33.6 Å². The van der Waals surface area contributed by atoms with E-state index in [-0.39, 0.29) is 11.3 Å². The highest BCUT2D eigenvalue weighted by atomic mass is 79.9.